The van der Waals surface area contributed by atoms with Gasteiger partial charge in [-0.05, 0) is 92.0 Å². The maximum Gasteiger partial charge on any atom is 0.164 e. The number of hydrogen-bond donors (Lipinski definition) is 0. The summed E-state index contributed by atoms with van der Waals surface area (Å²) in [4.78, 5) is 15.6. The number of rotatable bonds is 6. The van der Waals surface area contributed by atoms with Crippen LogP contribution in [0.3, 0.4) is 0 Å². The van der Waals surface area contributed by atoms with Crippen LogP contribution in [0.25, 0.3) is 101 Å². The summed E-state index contributed by atoms with van der Waals surface area (Å²) in [5.41, 5.74) is 16.4. The lowest BCUT2D eigenvalue weighted by molar-refractivity contribution is 0.660. The SMILES string of the molecule is CC1(C)c2ccccc2-c2ccc(-c3ccc4oc5cccc(-c6nc(-c7cccc(-c8ccccc8)c7)nc(-c7cccc(-c8ccccc8)c7)n6)c5c4c3)cc21. The third-order valence-electron chi connectivity index (χ3n) is 11.7. The van der Waals surface area contributed by atoms with Gasteiger partial charge in [-0.15, -0.1) is 0 Å². The molecule has 1 aliphatic carbocycles. The fraction of sp³-hybridized carbons (Fsp3) is 0.0556. The molecule has 0 saturated carbocycles. The van der Waals surface area contributed by atoms with Crippen molar-refractivity contribution in [2.75, 3.05) is 0 Å². The summed E-state index contributed by atoms with van der Waals surface area (Å²) in [6.07, 6.45) is 0. The molecule has 8 aromatic carbocycles. The predicted octanol–water partition coefficient (Wildman–Crippen LogP) is 14.1. The van der Waals surface area contributed by atoms with E-state index in [1.54, 1.807) is 0 Å². The average molecular weight is 744 g/mol. The summed E-state index contributed by atoms with van der Waals surface area (Å²) >= 11 is 0. The Labute approximate surface area is 337 Å². The second-order valence-corrected chi connectivity index (χ2v) is 15.6. The third kappa shape index (κ3) is 5.64. The van der Waals surface area contributed by atoms with Gasteiger partial charge in [-0.2, -0.15) is 0 Å². The van der Waals surface area contributed by atoms with Gasteiger partial charge in [0.2, 0.25) is 0 Å². The molecule has 274 valence electrons. The van der Waals surface area contributed by atoms with Crippen LogP contribution in [-0.4, -0.2) is 15.0 Å². The van der Waals surface area contributed by atoms with E-state index < -0.39 is 0 Å². The van der Waals surface area contributed by atoms with Crippen LogP contribution in [-0.2, 0) is 5.41 Å². The van der Waals surface area contributed by atoms with Gasteiger partial charge in [0.05, 0.1) is 0 Å². The number of benzene rings is 8. The zero-order valence-electron chi connectivity index (χ0n) is 32.1. The minimum Gasteiger partial charge on any atom is -0.456 e. The van der Waals surface area contributed by atoms with Crippen LogP contribution in [0.2, 0.25) is 0 Å². The summed E-state index contributed by atoms with van der Waals surface area (Å²) in [6, 6.07) is 66.1. The van der Waals surface area contributed by atoms with E-state index in [1.807, 2.05) is 24.3 Å². The second-order valence-electron chi connectivity index (χ2n) is 15.6. The van der Waals surface area contributed by atoms with Crippen LogP contribution in [0, 0.1) is 0 Å². The number of fused-ring (bicyclic) bond motifs is 6. The highest BCUT2D eigenvalue weighted by atomic mass is 16.3. The Morgan fingerprint density at radius 3 is 1.53 bits per heavy atom. The Hall–Kier alpha value is -7.43. The van der Waals surface area contributed by atoms with Gasteiger partial charge in [-0.1, -0.05) is 166 Å². The van der Waals surface area contributed by atoms with Gasteiger partial charge in [0, 0.05) is 32.9 Å². The monoisotopic (exact) mass is 743 g/mol. The van der Waals surface area contributed by atoms with Crippen molar-refractivity contribution in [3.8, 4) is 78.7 Å². The van der Waals surface area contributed by atoms with Crippen molar-refractivity contribution in [3.05, 3.63) is 199 Å². The molecule has 1 aliphatic rings. The van der Waals surface area contributed by atoms with Crippen molar-refractivity contribution < 1.29 is 4.42 Å². The van der Waals surface area contributed by atoms with E-state index in [2.05, 4.69) is 178 Å². The Bertz CT molecular complexity index is 3100. The zero-order valence-corrected chi connectivity index (χ0v) is 32.1. The molecular formula is C54H37N3O. The zero-order chi connectivity index (χ0) is 38.8. The van der Waals surface area contributed by atoms with Crippen molar-refractivity contribution >= 4 is 21.9 Å². The molecule has 11 rings (SSSR count). The molecule has 2 heterocycles. The average Bonchev–Trinajstić information content (AvgIpc) is 3.78. The van der Waals surface area contributed by atoms with E-state index in [1.165, 1.54) is 27.8 Å². The summed E-state index contributed by atoms with van der Waals surface area (Å²) in [6.45, 7) is 4.65. The molecule has 10 aromatic rings. The first kappa shape index (κ1) is 33.9. The topological polar surface area (TPSA) is 51.8 Å². The molecule has 4 heteroatoms. The van der Waals surface area contributed by atoms with E-state index in [0.29, 0.717) is 17.5 Å². The lowest BCUT2D eigenvalue weighted by Gasteiger charge is -2.22. The molecule has 0 aliphatic heterocycles. The van der Waals surface area contributed by atoms with Crippen LogP contribution in [0.4, 0.5) is 0 Å². The molecule has 0 saturated heterocycles. The first-order valence-corrected chi connectivity index (χ1v) is 19.8. The summed E-state index contributed by atoms with van der Waals surface area (Å²) in [5.74, 6) is 1.80. The van der Waals surface area contributed by atoms with Gasteiger partial charge in [0.25, 0.3) is 0 Å². The number of furan rings is 1. The summed E-state index contributed by atoms with van der Waals surface area (Å²) in [7, 11) is 0. The van der Waals surface area contributed by atoms with Crippen molar-refractivity contribution in [2.24, 2.45) is 0 Å². The van der Waals surface area contributed by atoms with Gasteiger partial charge in [-0.25, -0.2) is 15.0 Å². The van der Waals surface area contributed by atoms with Gasteiger partial charge >= 0.3 is 0 Å². The third-order valence-corrected chi connectivity index (χ3v) is 11.7. The van der Waals surface area contributed by atoms with Crippen molar-refractivity contribution in [3.63, 3.8) is 0 Å². The Morgan fingerprint density at radius 1 is 0.345 bits per heavy atom. The van der Waals surface area contributed by atoms with E-state index in [-0.39, 0.29) is 5.41 Å². The summed E-state index contributed by atoms with van der Waals surface area (Å²) in [5, 5.41) is 2.00. The van der Waals surface area contributed by atoms with Gasteiger partial charge in [-0.3, -0.25) is 0 Å². The Kier molecular flexibility index (Phi) is 7.80. The molecule has 0 atom stereocenters. The van der Waals surface area contributed by atoms with Crippen LogP contribution in [0.1, 0.15) is 25.0 Å². The maximum absolute atomic E-state index is 6.54. The van der Waals surface area contributed by atoms with Crippen LogP contribution >= 0.6 is 0 Å². The van der Waals surface area contributed by atoms with Gasteiger partial charge in [0.1, 0.15) is 11.2 Å². The first-order valence-electron chi connectivity index (χ1n) is 19.8. The molecule has 0 radical (unpaired) electrons. The molecule has 58 heavy (non-hydrogen) atoms. The van der Waals surface area contributed by atoms with E-state index in [9.17, 15) is 0 Å². The number of aromatic nitrogens is 3. The Balaban J connectivity index is 1.08. The molecule has 0 N–H and O–H groups in total. The second kappa shape index (κ2) is 13.4. The van der Waals surface area contributed by atoms with Crippen LogP contribution in [0.5, 0.6) is 0 Å². The van der Waals surface area contributed by atoms with Gasteiger partial charge < -0.3 is 4.42 Å². The lowest BCUT2D eigenvalue weighted by Crippen LogP contribution is -2.14. The van der Waals surface area contributed by atoms with E-state index >= 15 is 0 Å². The van der Waals surface area contributed by atoms with Crippen molar-refractivity contribution in [2.45, 2.75) is 19.3 Å². The lowest BCUT2D eigenvalue weighted by atomic mass is 9.81. The molecule has 0 amide bonds. The Morgan fingerprint density at radius 2 is 0.845 bits per heavy atom. The fourth-order valence-corrected chi connectivity index (χ4v) is 8.77. The minimum absolute atomic E-state index is 0.0864. The van der Waals surface area contributed by atoms with Gasteiger partial charge in [0.15, 0.2) is 17.5 Å². The summed E-state index contributed by atoms with van der Waals surface area (Å²) < 4.78 is 6.54. The first-order chi connectivity index (χ1) is 28.5. The van der Waals surface area contributed by atoms with Crippen molar-refractivity contribution in [1.82, 2.24) is 15.0 Å². The van der Waals surface area contributed by atoms with E-state index in [4.69, 9.17) is 19.4 Å². The van der Waals surface area contributed by atoms with Crippen LogP contribution in [0.15, 0.2) is 192 Å². The largest absolute Gasteiger partial charge is 0.456 e. The highest BCUT2D eigenvalue weighted by Crippen LogP contribution is 2.50. The molecule has 0 bridgehead atoms. The van der Waals surface area contributed by atoms with E-state index in [0.717, 1.165) is 66.4 Å². The maximum atomic E-state index is 6.54. The van der Waals surface area contributed by atoms with Crippen molar-refractivity contribution in [1.29, 1.82) is 0 Å². The molecule has 2 aromatic heterocycles. The van der Waals surface area contributed by atoms with Crippen LogP contribution < -0.4 is 0 Å². The number of hydrogen-bond acceptors (Lipinski definition) is 4. The molecule has 0 fully saturated rings. The minimum atomic E-state index is -0.0864. The predicted molar refractivity (Wildman–Crippen MR) is 237 cm³/mol. The molecule has 0 spiro atoms. The number of nitrogens with zero attached hydrogens (tertiary/aromatic N) is 3. The quantitative estimate of drug-likeness (QED) is 0.170. The smallest absolute Gasteiger partial charge is 0.164 e. The molecular weight excluding hydrogens is 707 g/mol. The molecule has 0 unspecified atom stereocenters. The normalized spacial score (nSPS) is 12.8. The highest BCUT2D eigenvalue weighted by molar-refractivity contribution is 6.13. The standard InChI is InChI=1S/C54H37N3O/c1-54(2)46-24-10-9-22-42(46)43-28-26-39(33-47(43)54)38-27-29-48-45(32-38)50-44(23-13-25-49(50)58-48)53-56-51(40-20-11-18-36(30-40)34-14-5-3-6-15-34)55-52(57-53)41-21-12-19-37(31-41)35-16-7-4-8-17-35/h3-33H,1-2H3. The highest BCUT2D eigenvalue weighted by Gasteiger charge is 2.35. The molecule has 4 nitrogen and oxygen atoms in total. The fourth-order valence-electron chi connectivity index (χ4n) is 8.77.